The van der Waals surface area contributed by atoms with E-state index in [1.54, 1.807) is 11.0 Å². The molecule has 1 aliphatic carbocycles. The Hall–Kier alpha value is -3.12. The van der Waals surface area contributed by atoms with Crippen LogP contribution in [0.25, 0.3) is 10.9 Å². The third kappa shape index (κ3) is 3.48. The number of rotatable bonds is 6. The molecule has 4 rings (SSSR count). The van der Waals surface area contributed by atoms with Crippen molar-refractivity contribution < 1.29 is 9.59 Å². The number of aromatic amines is 1. The van der Waals surface area contributed by atoms with Crippen LogP contribution in [-0.2, 0) is 0 Å². The van der Waals surface area contributed by atoms with Crippen molar-refractivity contribution in [3.8, 4) is 0 Å². The van der Waals surface area contributed by atoms with Gasteiger partial charge in [-0.2, -0.15) is 0 Å². The fourth-order valence-electron chi connectivity index (χ4n) is 4.42. The lowest BCUT2D eigenvalue weighted by atomic mass is 9.73. The van der Waals surface area contributed by atoms with Crippen LogP contribution < -0.4 is 10.6 Å². The summed E-state index contributed by atoms with van der Waals surface area (Å²) < 4.78 is 0. The zero-order valence-corrected chi connectivity index (χ0v) is 17.7. The smallest absolute Gasteiger partial charge is 0.259 e. The summed E-state index contributed by atoms with van der Waals surface area (Å²) in [5, 5.41) is 1.03. The Labute approximate surface area is 176 Å². The number of nitrogens with one attached hydrogen (secondary N) is 1. The summed E-state index contributed by atoms with van der Waals surface area (Å²) in [5.41, 5.74) is 9.23. The normalized spacial score (nSPS) is 18.4. The zero-order chi connectivity index (χ0) is 21.4. The summed E-state index contributed by atoms with van der Waals surface area (Å²) >= 11 is 0. The third-order valence-corrected chi connectivity index (χ3v) is 6.27. The Morgan fingerprint density at radius 3 is 2.57 bits per heavy atom. The Bertz CT molecular complexity index is 1100. The molecule has 0 unspecified atom stereocenters. The summed E-state index contributed by atoms with van der Waals surface area (Å²) in [4.78, 5) is 33.0. The van der Waals surface area contributed by atoms with Crippen LogP contribution in [0.2, 0.25) is 0 Å². The highest BCUT2D eigenvalue weighted by molar-refractivity contribution is 6.14. The van der Waals surface area contributed by atoms with Crippen molar-refractivity contribution in [3.05, 3.63) is 65.4 Å². The standard InChI is InChI=1S/C24H28N4O2/c1-4-28(17-8-9-21-15(12-17)10-11-26-21)24(30)20-7-5-6-19(22(20)23(25)29)16-13-18(14-16)27(2)3/h5-12,16,18,26H,4,13-14H2,1-3H3,(H2,25,29). The number of hydrogen-bond donors (Lipinski definition) is 2. The molecule has 0 atom stereocenters. The lowest BCUT2D eigenvalue weighted by Gasteiger charge is -2.40. The van der Waals surface area contributed by atoms with Crippen LogP contribution in [-0.4, -0.2) is 48.4 Å². The Balaban J connectivity index is 1.70. The molecule has 6 nitrogen and oxygen atoms in total. The van der Waals surface area contributed by atoms with Crippen LogP contribution in [0.15, 0.2) is 48.7 Å². The van der Waals surface area contributed by atoms with E-state index in [1.807, 2.05) is 49.5 Å². The number of fused-ring (bicyclic) bond motifs is 1. The van der Waals surface area contributed by atoms with E-state index < -0.39 is 5.91 Å². The molecule has 30 heavy (non-hydrogen) atoms. The molecule has 1 saturated carbocycles. The van der Waals surface area contributed by atoms with E-state index >= 15 is 0 Å². The van der Waals surface area contributed by atoms with Crippen molar-refractivity contribution in [2.24, 2.45) is 5.73 Å². The van der Waals surface area contributed by atoms with Gasteiger partial charge in [-0.15, -0.1) is 0 Å². The van der Waals surface area contributed by atoms with Crippen molar-refractivity contribution >= 4 is 28.4 Å². The monoisotopic (exact) mass is 404 g/mol. The van der Waals surface area contributed by atoms with E-state index in [-0.39, 0.29) is 11.8 Å². The highest BCUT2D eigenvalue weighted by atomic mass is 16.2. The maximum absolute atomic E-state index is 13.5. The van der Waals surface area contributed by atoms with Gasteiger partial charge < -0.3 is 20.5 Å². The van der Waals surface area contributed by atoms with Crippen LogP contribution in [0, 0.1) is 0 Å². The molecule has 3 N–H and O–H groups in total. The molecule has 1 aliphatic rings. The largest absolute Gasteiger partial charge is 0.366 e. The second-order valence-electron chi connectivity index (χ2n) is 8.22. The number of nitrogens with zero attached hydrogens (tertiary/aromatic N) is 2. The predicted molar refractivity (Wildman–Crippen MR) is 120 cm³/mol. The minimum absolute atomic E-state index is 0.202. The number of hydrogen-bond acceptors (Lipinski definition) is 3. The number of anilines is 1. The van der Waals surface area contributed by atoms with Gasteiger partial charge >= 0.3 is 0 Å². The van der Waals surface area contributed by atoms with Crippen molar-refractivity contribution in [2.75, 3.05) is 25.5 Å². The number of carbonyl (C=O) groups is 2. The molecule has 1 fully saturated rings. The van der Waals surface area contributed by atoms with Crippen molar-refractivity contribution in [2.45, 2.75) is 31.7 Å². The van der Waals surface area contributed by atoms with Crippen molar-refractivity contribution in [1.29, 1.82) is 0 Å². The van der Waals surface area contributed by atoms with E-state index in [1.165, 1.54) is 0 Å². The maximum Gasteiger partial charge on any atom is 0.259 e. The van der Waals surface area contributed by atoms with E-state index in [9.17, 15) is 9.59 Å². The molecule has 3 aromatic rings. The molecule has 0 spiro atoms. The van der Waals surface area contributed by atoms with E-state index in [0.29, 0.717) is 23.7 Å². The highest BCUT2D eigenvalue weighted by Gasteiger charge is 2.35. The number of amides is 2. The number of aromatic nitrogens is 1. The van der Waals surface area contributed by atoms with Gasteiger partial charge in [0, 0.05) is 35.4 Å². The van der Waals surface area contributed by atoms with Crippen LogP contribution >= 0.6 is 0 Å². The molecular formula is C24H28N4O2. The Kier molecular flexibility index (Phi) is 5.35. The summed E-state index contributed by atoms with van der Waals surface area (Å²) in [6.45, 7) is 2.42. The average Bonchev–Trinajstić information content (AvgIpc) is 3.14. The van der Waals surface area contributed by atoms with Gasteiger partial charge in [-0.25, -0.2) is 0 Å². The predicted octanol–water partition coefficient (Wildman–Crippen LogP) is 3.74. The van der Waals surface area contributed by atoms with Gasteiger partial charge in [-0.1, -0.05) is 12.1 Å². The molecule has 0 saturated heterocycles. The summed E-state index contributed by atoms with van der Waals surface area (Å²) in [6, 6.07) is 13.8. The van der Waals surface area contributed by atoms with Gasteiger partial charge in [0.2, 0.25) is 5.91 Å². The minimum atomic E-state index is -0.542. The molecule has 0 radical (unpaired) electrons. The molecule has 1 heterocycles. The molecule has 1 aromatic heterocycles. The Morgan fingerprint density at radius 1 is 1.13 bits per heavy atom. The number of carbonyl (C=O) groups excluding carboxylic acids is 2. The quantitative estimate of drug-likeness (QED) is 0.657. The first-order chi connectivity index (χ1) is 14.4. The first-order valence-electron chi connectivity index (χ1n) is 10.4. The Morgan fingerprint density at radius 2 is 1.90 bits per heavy atom. The molecule has 0 bridgehead atoms. The molecular weight excluding hydrogens is 376 g/mol. The van der Waals surface area contributed by atoms with E-state index in [4.69, 9.17) is 5.73 Å². The second kappa shape index (κ2) is 7.95. The number of primary amides is 1. The fraction of sp³-hybridized carbons (Fsp3) is 0.333. The topological polar surface area (TPSA) is 82.4 Å². The molecule has 6 heteroatoms. The van der Waals surface area contributed by atoms with Crippen LogP contribution in [0.1, 0.15) is 52.0 Å². The SMILES string of the molecule is CCN(C(=O)c1cccc(C2CC(N(C)C)C2)c1C(N)=O)c1ccc2[nH]ccc2c1. The van der Waals surface area contributed by atoms with Gasteiger partial charge in [-0.3, -0.25) is 9.59 Å². The van der Waals surface area contributed by atoms with Crippen molar-refractivity contribution in [3.63, 3.8) is 0 Å². The summed E-state index contributed by atoms with van der Waals surface area (Å²) in [7, 11) is 4.13. The van der Waals surface area contributed by atoms with E-state index in [0.717, 1.165) is 35.0 Å². The van der Waals surface area contributed by atoms with Crippen LogP contribution in [0.3, 0.4) is 0 Å². The van der Waals surface area contributed by atoms with E-state index in [2.05, 4.69) is 24.0 Å². The molecule has 0 aliphatic heterocycles. The van der Waals surface area contributed by atoms with Gasteiger partial charge in [0.1, 0.15) is 0 Å². The lowest BCUT2D eigenvalue weighted by molar-refractivity contribution is 0.0957. The zero-order valence-electron chi connectivity index (χ0n) is 17.7. The summed E-state index contributed by atoms with van der Waals surface area (Å²) in [6.07, 6.45) is 3.81. The third-order valence-electron chi connectivity index (χ3n) is 6.27. The fourth-order valence-corrected chi connectivity index (χ4v) is 4.42. The van der Waals surface area contributed by atoms with Crippen LogP contribution in [0.5, 0.6) is 0 Å². The molecule has 2 aromatic carbocycles. The van der Waals surface area contributed by atoms with Gasteiger partial charge in [-0.05, 0) is 75.7 Å². The molecule has 156 valence electrons. The lowest BCUT2D eigenvalue weighted by Crippen LogP contribution is -2.40. The molecule has 2 amide bonds. The van der Waals surface area contributed by atoms with Crippen molar-refractivity contribution in [1.82, 2.24) is 9.88 Å². The maximum atomic E-state index is 13.5. The average molecular weight is 405 g/mol. The number of H-pyrrole nitrogens is 1. The highest BCUT2D eigenvalue weighted by Crippen LogP contribution is 2.41. The van der Waals surface area contributed by atoms with Gasteiger partial charge in [0.25, 0.3) is 5.91 Å². The van der Waals surface area contributed by atoms with Gasteiger partial charge in [0.15, 0.2) is 0 Å². The summed E-state index contributed by atoms with van der Waals surface area (Å²) in [5.74, 6) is -0.496. The first-order valence-corrected chi connectivity index (χ1v) is 10.4. The first kappa shape index (κ1) is 20.2. The second-order valence-corrected chi connectivity index (χ2v) is 8.22. The number of nitrogens with two attached hydrogens (primary N) is 1. The number of benzene rings is 2. The van der Waals surface area contributed by atoms with Gasteiger partial charge in [0.05, 0.1) is 11.1 Å². The minimum Gasteiger partial charge on any atom is -0.366 e. The van der Waals surface area contributed by atoms with Crippen LogP contribution in [0.4, 0.5) is 5.69 Å².